The molecule has 0 bridgehead atoms. The molecular weight excluding hydrogens is 821 g/mol. The second kappa shape index (κ2) is 16.6. The van der Waals surface area contributed by atoms with Crippen molar-refractivity contribution in [3.63, 3.8) is 0 Å². The maximum Gasteiger partial charge on any atom is 0.0629 e. The molecule has 1 heterocycles. The molecule has 68 heavy (non-hydrogen) atoms. The summed E-state index contributed by atoms with van der Waals surface area (Å²) in [6.45, 7) is 0. The Labute approximate surface area is 397 Å². The van der Waals surface area contributed by atoms with Crippen LogP contribution in [0.15, 0.2) is 267 Å². The molecule has 1 aliphatic carbocycles. The third-order valence-electron chi connectivity index (χ3n) is 14.2. The van der Waals surface area contributed by atoms with Crippen LogP contribution in [0.4, 0.5) is 28.4 Å². The van der Waals surface area contributed by atoms with Gasteiger partial charge in [-0.25, -0.2) is 0 Å². The van der Waals surface area contributed by atoms with Gasteiger partial charge in [0.05, 0.1) is 6.04 Å². The maximum absolute atomic E-state index is 2.56. The number of nitrogens with zero attached hydrogens (tertiary/aromatic N) is 2. The molecule has 0 spiro atoms. The van der Waals surface area contributed by atoms with Crippen molar-refractivity contribution in [2.24, 2.45) is 0 Å². The highest BCUT2D eigenvalue weighted by atomic mass is 15.2. The second-order valence-corrected chi connectivity index (χ2v) is 18.0. The predicted molar refractivity (Wildman–Crippen MR) is 289 cm³/mol. The van der Waals surface area contributed by atoms with Gasteiger partial charge in [0.1, 0.15) is 0 Å². The van der Waals surface area contributed by atoms with Crippen LogP contribution in [0.5, 0.6) is 0 Å². The van der Waals surface area contributed by atoms with Crippen LogP contribution in [0, 0.1) is 0 Å². The highest BCUT2D eigenvalue weighted by molar-refractivity contribution is 6.14. The average molecular weight is 867 g/mol. The SMILES string of the molecule is C1=CC2c3ccccc3N(c3ccccc3-c3ccc(N(c4ccc(-c5cc6ccccc6c6ccccc56)cc4)c4cccc(-c5cccc6ccccc56)c4)cc3-c3ccccc3)C2C=C1. The molecule has 0 fully saturated rings. The molecule has 0 saturated heterocycles. The Morgan fingerprint density at radius 2 is 0.912 bits per heavy atom. The molecule has 13 rings (SSSR count). The van der Waals surface area contributed by atoms with E-state index in [4.69, 9.17) is 0 Å². The van der Waals surface area contributed by atoms with Crippen LogP contribution in [-0.4, -0.2) is 6.04 Å². The quantitative estimate of drug-likeness (QED) is 0.140. The lowest BCUT2D eigenvalue weighted by atomic mass is 9.90. The van der Waals surface area contributed by atoms with Gasteiger partial charge in [-0.3, -0.25) is 0 Å². The van der Waals surface area contributed by atoms with Crippen LogP contribution in [0.25, 0.3) is 76.8 Å². The van der Waals surface area contributed by atoms with Gasteiger partial charge in [-0.15, -0.1) is 0 Å². The zero-order chi connectivity index (χ0) is 45.0. The van der Waals surface area contributed by atoms with Crippen LogP contribution in [0.2, 0.25) is 0 Å². The van der Waals surface area contributed by atoms with Gasteiger partial charge in [0.15, 0.2) is 0 Å². The molecule has 1 aliphatic heterocycles. The maximum atomic E-state index is 2.56. The lowest BCUT2D eigenvalue weighted by Crippen LogP contribution is -2.28. The zero-order valence-corrected chi connectivity index (χ0v) is 37.5. The van der Waals surface area contributed by atoms with Crippen molar-refractivity contribution < 1.29 is 0 Å². The first-order valence-corrected chi connectivity index (χ1v) is 23.7. The Hall–Kier alpha value is -8.72. The Balaban J connectivity index is 0.991. The lowest BCUT2D eigenvalue weighted by Gasteiger charge is -2.31. The molecule has 2 heteroatoms. The summed E-state index contributed by atoms with van der Waals surface area (Å²) in [7, 11) is 0. The third kappa shape index (κ3) is 6.72. The normalized spacial score (nSPS) is 14.9. The number of hydrogen-bond donors (Lipinski definition) is 0. The molecule has 320 valence electrons. The van der Waals surface area contributed by atoms with E-state index in [-0.39, 0.29) is 6.04 Å². The molecule has 11 aromatic rings. The summed E-state index contributed by atoms with van der Waals surface area (Å²) >= 11 is 0. The van der Waals surface area contributed by atoms with Gasteiger partial charge in [-0.1, -0.05) is 212 Å². The standard InChI is InChI=1S/C66H46N2/c1-2-18-46(19-3-1)63-44-52(40-41-58(63)59-29-10-13-33-64(59)68-65-34-14-11-30-60(65)61-31-12-15-35-66(61)68)67(51-24-16-23-48(42-51)54-32-17-22-45-20-4-6-25-53(45)54)50-38-36-47(37-39-50)62-43-49-21-5-7-26-55(49)56-27-8-9-28-57(56)62/h1-44,60,65H. The summed E-state index contributed by atoms with van der Waals surface area (Å²) in [4.78, 5) is 4.99. The van der Waals surface area contributed by atoms with E-state index in [1.807, 2.05) is 0 Å². The van der Waals surface area contributed by atoms with E-state index in [0.717, 1.165) is 17.1 Å². The fourth-order valence-electron chi connectivity index (χ4n) is 11.1. The van der Waals surface area contributed by atoms with Gasteiger partial charge < -0.3 is 9.80 Å². The van der Waals surface area contributed by atoms with Crippen LogP contribution < -0.4 is 9.80 Å². The molecule has 0 aromatic heterocycles. The van der Waals surface area contributed by atoms with E-state index in [9.17, 15) is 0 Å². The predicted octanol–water partition coefficient (Wildman–Crippen LogP) is 18.0. The summed E-state index contributed by atoms with van der Waals surface area (Å²) in [5.74, 6) is 0.296. The molecule has 0 radical (unpaired) electrons. The van der Waals surface area contributed by atoms with Crippen LogP contribution in [0.1, 0.15) is 11.5 Å². The lowest BCUT2D eigenvalue weighted by molar-refractivity contribution is 0.745. The van der Waals surface area contributed by atoms with E-state index in [1.165, 1.54) is 93.8 Å². The molecule has 0 saturated carbocycles. The van der Waals surface area contributed by atoms with Gasteiger partial charge in [-0.05, 0) is 131 Å². The first kappa shape index (κ1) is 39.6. The largest absolute Gasteiger partial charge is 0.333 e. The van der Waals surface area contributed by atoms with E-state index in [1.54, 1.807) is 0 Å². The van der Waals surface area contributed by atoms with E-state index >= 15 is 0 Å². The number of para-hydroxylation sites is 2. The Morgan fingerprint density at radius 1 is 0.309 bits per heavy atom. The molecule has 0 N–H and O–H groups in total. The Bertz CT molecular complexity index is 3760. The number of hydrogen-bond acceptors (Lipinski definition) is 2. The van der Waals surface area contributed by atoms with Crippen molar-refractivity contribution in [3.05, 3.63) is 273 Å². The summed E-state index contributed by atoms with van der Waals surface area (Å²) in [5.41, 5.74) is 16.6. The highest BCUT2D eigenvalue weighted by Gasteiger charge is 2.38. The number of allylic oxidation sites excluding steroid dienone is 2. The van der Waals surface area contributed by atoms with E-state index in [2.05, 4.69) is 277 Å². The molecule has 2 atom stereocenters. The van der Waals surface area contributed by atoms with Crippen LogP contribution in [0.3, 0.4) is 0 Å². The van der Waals surface area contributed by atoms with Gasteiger partial charge in [-0.2, -0.15) is 0 Å². The van der Waals surface area contributed by atoms with Crippen LogP contribution >= 0.6 is 0 Å². The smallest absolute Gasteiger partial charge is 0.0629 e. The Kier molecular flexibility index (Phi) is 9.68. The van der Waals surface area contributed by atoms with Crippen molar-refractivity contribution in [1.29, 1.82) is 0 Å². The highest BCUT2D eigenvalue weighted by Crippen LogP contribution is 2.51. The van der Waals surface area contributed by atoms with E-state index in [0.29, 0.717) is 5.92 Å². The van der Waals surface area contributed by atoms with Crippen molar-refractivity contribution in [2.45, 2.75) is 12.0 Å². The fourth-order valence-corrected chi connectivity index (χ4v) is 11.1. The van der Waals surface area contributed by atoms with E-state index < -0.39 is 0 Å². The van der Waals surface area contributed by atoms with Crippen molar-refractivity contribution >= 4 is 60.8 Å². The molecule has 2 aliphatic rings. The minimum Gasteiger partial charge on any atom is -0.333 e. The molecule has 11 aromatic carbocycles. The number of fused-ring (bicyclic) bond motifs is 7. The third-order valence-corrected chi connectivity index (χ3v) is 14.2. The van der Waals surface area contributed by atoms with Gasteiger partial charge in [0.2, 0.25) is 0 Å². The molecular formula is C66H46N2. The summed E-state index contributed by atoms with van der Waals surface area (Å²) < 4.78 is 0. The molecule has 2 nitrogen and oxygen atoms in total. The second-order valence-electron chi connectivity index (χ2n) is 18.0. The molecule has 2 unspecified atom stereocenters. The number of rotatable bonds is 8. The van der Waals surface area contributed by atoms with Crippen molar-refractivity contribution in [1.82, 2.24) is 0 Å². The Morgan fingerprint density at radius 3 is 1.78 bits per heavy atom. The fraction of sp³-hybridized carbons (Fsp3) is 0.0303. The van der Waals surface area contributed by atoms with Crippen LogP contribution in [-0.2, 0) is 0 Å². The van der Waals surface area contributed by atoms with Crippen molar-refractivity contribution in [2.75, 3.05) is 9.80 Å². The zero-order valence-electron chi connectivity index (χ0n) is 37.5. The minimum absolute atomic E-state index is 0.193. The number of benzene rings is 11. The van der Waals surface area contributed by atoms with Gasteiger partial charge in [0, 0.05) is 39.9 Å². The van der Waals surface area contributed by atoms with Gasteiger partial charge in [0.25, 0.3) is 0 Å². The topological polar surface area (TPSA) is 6.48 Å². The minimum atomic E-state index is 0.193. The summed E-state index contributed by atoms with van der Waals surface area (Å²) in [6, 6.07) is 89.4. The average Bonchev–Trinajstić information content (AvgIpc) is 3.75. The van der Waals surface area contributed by atoms with Crippen molar-refractivity contribution in [3.8, 4) is 44.5 Å². The first-order valence-electron chi connectivity index (χ1n) is 23.7. The monoisotopic (exact) mass is 866 g/mol. The first-order chi connectivity index (χ1) is 33.7. The molecule has 0 amide bonds. The summed E-state index contributed by atoms with van der Waals surface area (Å²) in [5, 5.41) is 7.52. The van der Waals surface area contributed by atoms with Gasteiger partial charge >= 0.3 is 0 Å². The number of anilines is 5. The summed E-state index contributed by atoms with van der Waals surface area (Å²) in [6.07, 6.45) is 9.12.